The number of nitrogens with one attached hydrogen (secondary N) is 1. The zero-order chi connectivity index (χ0) is 28.6. The van der Waals surface area contributed by atoms with Gasteiger partial charge < -0.3 is 10.2 Å². The predicted octanol–water partition coefficient (Wildman–Crippen LogP) is 4.93. The number of halogens is 1. The van der Waals surface area contributed by atoms with Gasteiger partial charge in [0.25, 0.3) is 0 Å². The van der Waals surface area contributed by atoms with Gasteiger partial charge in [0.1, 0.15) is 6.04 Å². The molecule has 39 heavy (non-hydrogen) atoms. The van der Waals surface area contributed by atoms with E-state index in [1.54, 1.807) is 12.1 Å². The van der Waals surface area contributed by atoms with Crippen molar-refractivity contribution in [1.29, 1.82) is 0 Å². The van der Waals surface area contributed by atoms with Crippen LogP contribution in [0.5, 0.6) is 0 Å². The number of hydrogen-bond acceptors (Lipinski definition) is 4. The Morgan fingerprint density at radius 1 is 0.923 bits per heavy atom. The molecule has 7 nitrogen and oxygen atoms in total. The highest BCUT2D eigenvalue weighted by Gasteiger charge is 2.33. The van der Waals surface area contributed by atoms with Gasteiger partial charge in [-0.15, -0.1) is 0 Å². The molecule has 208 valence electrons. The quantitative estimate of drug-likeness (QED) is 0.314. The molecular weight excluding hydrogens is 578 g/mol. The number of rotatable bonds is 12. The zero-order valence-electron chi connectivity index (χ0n) is 22.8. The third kappa shape index (κ3) is 8.49. The minimum atomic E-state index is -3.91. The number of benzene rings is 3. The summed E-state index contributed by atoms with van der Waals surface area (Å²) < 4.78 is 28.4. The molecule has 3 rings (SSSR count). The highest BCUT2D eigenvalue weighted by molar-refractivity contribution is 9.10. The molecule has 0 unspecified atom stereocenters. The van der Waals surface area contributed by atoms with Crippen LogP contribution in [-0.2, 0) is 32.6 Å². The minimum Gasteiger partial charge on any atom is -0.352 e. The van der Waals surface area contributed by atoms with Gasteiger partial charge in [0.2, 0.25) is 21.8 Å². The van der Waals surface area contributed by atoms with Gasteiger partial charge in [0, 0.05) is 30.5 Å². The number of aryl methyl sites for hydroxylation is 1. The number of carbonyl (C=O) groups is 2. The summed E-state index contributed by atoms with van der Waals surface area (Å²) in [6, 6.07) is 22.6. The maximum absolute atomic E-state index is 13.9. The monoisotopic (exact) mass is 613 g/mol. The molecule has 0 spiro atoms. The molecule has 2 atom stereocenters. The first-order valence-electron chi connectivity index (χ1n) is 12.9. The topological polar surface area (TPSA) is 86.8 Å². The van der Waals surface area contributed by atoms with E-state index in [0.29, 0.717) is 6.42 Å². The van der Waals surface area contributed by atoms with E-state index in [0.717, 1.165) is 31.9 Å². The van der Waals surface area contributed by atoms with Crippen molar-refractivity contribution < 1.29 is 18.0 Å². The third-order valence-corrected chi connectivity index (χ3v) is 8.97. The Labute approximate surface area is 240 Å². The molecule has 9 heteroatoms. The Kier molecular flexibility index (Phi) is 10.9. The maximum Gasteiger partial charge on any atom is 0.243 e. The summed E-state index contributed by atoms with van der Waals surface area (Å²) in [5.74, 6) is -0.737. The number of hydrogen-bond donors (Lipinski definition) is 1. The summed E-state index contributed by atoms with van der Waals surface area (Å²) in [7, 11) is -2.53. The van der Waals surface area contributed by atoms with Gasteiger partial charge in [0.15, 0.2) is 0 Å². The van der Waals surface area contributed by atoms with Crippen molar-refractivity contribution in [1.82, 2.24) is 14.5 Å². The number of nitrogens with zero attached hydrogens (tertiary/aromatic N) is 2. The van der Waals surface area contributed by atoms with Crippen LogP contribution in [0.25, 0.3) is 0 Å². The maximum atomic E-state index is 13.9. The molecule has 0 fully saturated rings. The first kappa shape index (κ1) is 30.5. The van der Waals surface area contributed by atoms with Crippen LogP contribution in [0, 0.1) is 6.92 Å². The molecule has 0 aliphatic rings. The summed E-state index contributed by atoms with van der Waals surface area (Å²) in [5.41, 5.74) is 2.66. The molecule has 2 amide bonds. The normalized spacial score (nSPS) is 13.1. The lowest BCUT2D eigenvalue weighted by atomic mass is 10.0. The number of carbonyl (C=O) groups excluding carboxylic acids is 2. The second-order valence-electron chi connectivity index (χ2n) is 9.75. The molecule has 0 saturated carbocycles. The standard InChI is InChI=1S/C30H36BrN3O4S/c1-5-23(3)32-30(36)28(19-24-9-7-6-8-10-24)34(20-25-13-15-26(31)16-14-25)29(35)21-33(4)39(37,38)27-17-11-22(2)12-18-27/h6-18,23,28H,5,19-21H2,1-4H3,(H,32,36)/t23-,28+/m1/s1. The summed E-state index contributed by atoms with van der Waals surface area (Å²) in [6.07, 6.45) is 1.03. The van der Waals surface area contributed by atoms with Crippen LogP contribution < -0.4 is 5.32 Å². The van der Waals surface area contributed by atoms with E-state index in [1.165, 1.54) is 24.1 Å². The van der Waals surface area contributed by atoms with Crippen LogP contribution in [-0.4, -0.2) is 55.1 Å². The van der Waals surface area contributed by atoms with Crippen LogP contribution in [0.3, 0.4) is 0 Å². The van der Waals surface area contributed by atoms with Gasteiger partial charge in [-0.1, -0.05) is 83.0 Å². The van der Waals surface area contributed by atoms with Gasteiger partial charge in [-0.25, -0.2) is 8.42 Å². The van der Waals surface area contributed by atoms with E-state index in [1.807, 2.05) is 75.4 Å². The smallest absolute Gasteiger partial charge is 0.243 e. The van der Waals surface area contributed by atoms with Crippen molar-refractivity contribution in [3.05, 3.63) is 100 Å². The molecule has 0 bridgehead atoms. The Morgan fingerprint density at radius 2 is 1.54 bits per heavy atom. The number of sulfonamides is 1. The summed E-state index contributed by atoms with van der Waals surface area (Å²) in [5, 5.41) is 3.02. The van der Waals surface area contributed by atoms with Gasteiger partial charge in [-0.2, -0.15) is 4.31 Å². The lowest BCUT2D eigenvalue weighted by molar-refractivity contribution is -0.141. The lowest BCUT2D eigenvalue weighted by Crippen LogP contribution is -2.54. The van der Waals surface area contributed by atoms with Crippen molar-refractivity contribution >= 4 is 37.8 Å². The van der Waals surface area contributed by atoms with Crippen LogP contribution >= 0.6 is 15.9 Å². The highest BCUT2D eigenvalue weighted by atomic mass is 79.9. The zero-order valence-corrected chi connectivity index (χ0v) is 25.2. The molecular formula is C30H36BrN3O4S. The molecule has 1 N–H and O–H groups in total. The van der Waals surface area contributed by atoms with Crippen LogP contribution in [0.1, 0.15) is 37.0 Å². The largest absolute Gasteiger partial charge is 0.352 e. The van der Waals surface area contributed by atoms with E-state index in [4.69, 9.17) is 0 Å². The van der Waals surface area contributed by atoms with Crippen LogP contribution in [0.4, 0.5) is 0 Å². The molecule has 0 aliphatic carbocycles. The Balaban J connectivity index is 1.97. The Hall–Kier alpha value is -3.01. The van der Waals surface area contributed by atoms with Gasteiger partial charge >= 0.3 is 0 Å². The molecule has 0 aliphatic heterocycles. The summed E-state index contributed by atoms with van der Waals surface area (Å²) in [6.45, 7) is 5.51. The van der Waals surface area contributed by atoms with Gasteiger partial charge in [0.05, 0.1) is 11.4 Å². The minimum absolute atomic E-state index is 0.0787. The average molecular weight is 615 g/mol. The Bertz CT molecular complexity index is 1350. The van der Waals surface area contributed by atoms with E-state index < -0.39 is 28.5 Å². The second kappa shape index (κ2) is 13.9. The van der Waals surface area contributed by atoms with Crippen molar-refractivity contribution in [2.45, 2.75) is 57.1 Å². The SMILES string of the molecule is CC[C@@H](C)NC(=O)[C@H](Cc1ccccc1)N(Cc1ccc(Br)cc1)C(=O)CN(C)S(=O)(=O)c1ccc(C)cc1. The Morgan fingerprint density at radius 3 is 2.13 bits per heavy atom. The van der Waals surface area contributed by atoms with Crippen LogP contribution in [0.2, 0.25) is 0 Å². The summed E-state index contributed by atoms with van der Waals surface area (Å²) in [4.78, 5) is 29.1. The fourth-order valence-electron chi connectivity index (χ4n) is 4.04. The van der Waals surface area contributed by atoms with E-state index in [-0.39, 0.29) is 23.4 Å². The molecule has 0 saturated heterocycles. The van der Waals surface area contributed by atoms with E-state index in [9.17, 15) is 18.0 Å². The van der Waals surface area contributed by atoms with Crippen molar-refractivity contribution in [2.75, 3.05) is 13.6 Å². The molecule has 3 aromatic rings. The molecule has 3 aromatic carbocycles. The average Bonchev–Trinajstić information content (AvgIpc) is 2.92. The molecule has 0 heterocycles. The van der Waals surface area contributed by atoms with E-state index in [2.05, 4.69) is 21.2 Å². The molecule has 0 aromatic heterocycles. The van der Waals surface area contributed by atoms with Gasteiger partial charge in [-0.3, -0.25) is 9.59 Å². The predicted molar refractivity (Wildman–Crippen MR) is 158 cm³/mol. The highest BCUT2D eigenvalue weighted by Crippen LogP contribution is 2.20. The van der Waals surface area contributed by atoms with Crippen molar-refractivity contribution in [3.8, 4) is 0 Å². The lowest BCUT2D eigenvalue weighted by Gasteiger charge is -2.33. The number of amides is 2. The fourth-order valence-corrected chi connectivity index (χ4v) is 5.42. The van der Waals surface area contributed by atoms with Crippen LogP contribution in [0.15, 0.2) is 88.2 Å². The van der Waals surface area contributed by atoms with Crippen molar-refractivity contribution in [2.24, 2.45) is 0 Å². The summed E-state index contributed by atoms with van der Waals surface area (Å²) >= 11 is 3.44. The second-order valence-corrected chi connectivity index (χ2v) is 12.7. The third-order valence-electron chi connectivity index (χ3n) is 6.63. The number of likely N-dealkylation sites (N-methyl/N-ethyl adjacent to an activating group) is 1. The first-order valence-corrected chi connectivity index (χ1v) is 15.2. The first-order chi connectivity index (χ1) is 18.5. The molecule has 0 radical (unpaired) electrons. The van der Waals surface area contributed by atoms with Gasteiger partial charge in [-0.05, 0) is 55.7 Å². The fraction of sp³-hybridized carbons (Fsp3) is 0.333. The van der Waals surface area contributed by atoms with E-state index >= 15 is 0 Å². The van der Waals surface area contributed by atoms with Crippen molar-refractivity contribution in [3.63, 3.8) is 0 Å².